The van der Waals surface area contributed by atoms with Crippen LogP contribution in [0.5, 0.6) is 0 Å². The van der Waals surface area contributed by atoms with Gasteiger partial charge in [0.25, 0.3) is 0 Å². The van der Waals surface area contributed by atoms with Crippen molar-refractivity contribution in [3.8, 4) is 0 Å². The van der Waals surface area contributed by atoms with Crippen molar-refractivity contribution < 1.29 is 0 Å². The van der Waals surface area contributed by atoms with Gasteiger partial charge in [0.05, 0.1) is 0 Å². The van der Waals surface area contributed by atoms with Gasteiger partial charge in [0.2, 0.25) is 5.95 Å². The summed E-state index contributed by atoms with van der Waals surface area (Å²) < 4.78 is 0. The molecule has 0 saturated carbocycles. The molecule has 1 heterocycles. The van der Waals surface area contributed by atoms with E-state index in [4.69, 9.17) is 0 Å². The molecule has 2 N–H and O–H groups in total. The second kappa shape index (κ2) is 7.13. The smallest absolute Gasteiger partial charge is 0.229 e. The van der Waals surface area contributed by atoms with Crippen molar-refractivity contribution in [1.29, 1.82) is 0 Å². The van der Waals surface area contributed by atoms with Gasteiger partial charge in [0.1, 0.15) is 5.82 Å². The van der Waals surface area contributed by atoms with Crippen molar-refractivity contribution in [1.82, 2.24) is 9.97 Å². The predicted octanol–water partition coefficient (Wildman–Crippen LogP) is 5.01. The highest BCUT2D eigenvalue weighted by Crippen LogP contribution is 2.22. The molecule has 122 valence electrons. The Hall–Kier alpha value is -2.88. The predicted molar refractivity (Wildman–Crippen MR) is 99.7 cm³/mol. The van der Waals surface area contributed by atoms with Crippen molar-refractivity contribution in [2.75, 3.05) is 10.6 Å². The molecule has 0 aliphatic carbocycles. The molecule has 3 rings (SSSR count). The monoisotopic (exact) mass is 318 g/mol. The van der Waals surface area contributed by atoms with E-state index in [1.54, 1.807) is 6.20 Å². The van der Waals surface area contributed by atoms with Gasteiger partial charge in [0.15, 0.2) is 0 Å². The van der Waals surface area contributed by atoms with Gasteiger partial charge in [-0.05, 0) is 49.6 Å². The Kier molecular flexibility index (Phi) is 4.75. The summed E-state index contributed by atoms with van der Waals surface area (Å²) in [4.78, 5) is 8.89. The third kappa shape index (κ3) is 3.71. The van der Waals surface area contributed by atoms with E-state index in [0.717, 1.165) is 11.5 Å². The third-order valence-electron chi connectivity index (χ3n) is 4.17. The van der Waals surface area contributed by atoms with Crippen LogP contribution in [0.25, 0.3) is 0 Å². The lowest BCUT2D eigenvalue weighted by molar-refractivity contribution is 0.873. The van der Waals surface area contributed by atoms with Crippen molar-refractivity contribution in [2.45, 2.75) is 26.8 Å². The Morgan fingerprint density at radius 2 is 1.71 bits per heavy atom. The maximum atomic E-state index is 4.57. The van der Waals surface area contributed by atoms with Crippen LogP contribution in [0.1, 0.15) is 29.7 Å². The first-order chi connectivity index (χ1) is 11.6. The molecule has 24 heavy (non-hydrogen) atoms. The van der Waals surface area contributed by atoms with Crippen molar-refractivity contribution in [3.63, 3.8) is 0 Å². The second-order valence-electron chi connectivity index (χ2n) is 5.91. The average Bonchev–Trinajstić information content (AvgIpc) is 2.60. The second-order valence-corrected chi connectivity index (χ2v) is 5.91. The zero-order chi connectivity index (χ0) is 16.9. The lowest BCUT2D eigenvalue weighted by Gasteiger charge is -2.16. The van der Waals surface area contributed by atoms with Crippen LogP contribution < -0.4 is 10.6 Å². The number of anilines is 3. The summed E-state index contributed by atoms with van der Waals surface area (Å²) >= 11 is 0. The van der Waals surface area contributed by atoms with Crippen LogP contribution in [-0.2, 0) is 0 Å². The minimum Gasteiger partial charge on any atom is -0.363 e. The normalized spacial score (nSPS) is 11.8. The highest BCUT2D eigenvalue weighted by atomic mass is 15.1. The Labute approximate surface area is 143 Å². The van der Waals surface area contributed by atoms with Crippen molar-refractivity contribution >= 4 is 17.5 Å². The summed E-state index contributed by atoms with van der Waals surface area (Å²) in [6.45, 7) is 6.31. The highest BCUT2D eigenvalue weighted by molar-refractivity contribution is 5.60. The summed E-state index contributed by atoms with van der Waals surface area (Å²) in [5, 5.41) is 6.72. The molecule has 4 nitrogen and oxygen atoms in total. The van der Waals surface area contributed by atoms with Crippen LogP contribution >= 0.6 is 0 Å². The zero-order valence-corrected chi connectivity index (χ0v) is 14.2. The number of aryl methyl sites for hydroxylation is 1. The van der Waals surface area contributed by atoms with Gasteiger partial charge < -0.3 is 10.6 Å². The maximum absolute atomic E-state index is 4.57. The lowest BCUT2D eigenvalue weighted by Crippen LogP contribution is -2.09. The number of nitrogens with zero attached hydrogens (tertiary/aromatic N) is 2. The lowest BCUT2D eigenvalue weighted by atomic mass is 10.1. The van der Waals surface area contributed by atoms with Crippen LogP contribution in [0.2, 0.25) is 0 Å². The van der Waals surface area contributed by atoms with Gasteiger partial charge >= 0.3 is 0 Å². The molecule has 3 aromatic rings. The average molecular weight is 318 g/mol. The molecule has 0 aliphatic heterocycles. The molecule has 1 aromatic heterocycles. The van der Waals surface area contributed by atoms with Gasteiger partial charge in [-0.15, -0.1) is 0 Å². The van der Waals surface area contributed by atoms with E-state index in [9.17, 15) is 0 Å². The van der Waals surface area contributed by atoms with E-state index in [1.165, 1.54) is 16.7 Å². The molecule has 0 amide bonds. The number of aromatic nitrogens is 2. The molecular weight excluding hydrogens is 296 g/mol. The fourth-order valence-corrected chi connectivity index (χ4v) is 2.55. The molecule has 4 heteroatoms. The first-order valence-corrected chi connectivity index (χ1v) is 8.11. The fraction of sp³-hybridized carbons (Fsp3) is 0.200. The standard InChI is InChI=1S/C20H22N4/c1-14-8-7-11-18(15(14)2)23-20-21-13-12-19(24-20)22-16(3)17-9-5-4-6-10-17/h4-13,16H,1-3H3,(H2,21,22,23,24). The van der Waals surface area contributed by atoms with Gasteiger partial charge in [-0.3, -0.25) is 0 Å². The molecule has 0 aliphatic rings. The van der Waals surface area contributed by atoms with Gasteiger partial charge in [-0.1, -0.05) is 42.5 Å². The molecule has 1 unspecified atom stereocenters. The third-order valence-corrected chi connectivity index (χ3v) is 4.17. The van der Waals surface area contributed by atoms with Crippen molar-refractivity contribution in [3.05, 3.63) is 77.5 Å². The number of benzene rings is 2. The Morgan fingerprint density at radius 1 is 0.917 bits per heavy atom. The summed E-state index contributed by atoms with van der Waals surface area (Å²) in [5.74, 6) is 1.39. The van der Waals surface area contributed by atoms with Crippen LogP contribution in [0, 0.1) is 13.8 Å². The van der Waals surface area contributed by atoms with E-state index in [1.807, 2.05) is 36.4 Å². The Morgan fingerprint density at radius 3 is 2.50 bits per heavy atom. The first kappa shape index (κ1) is 16.0. The van der Waals surface area contributed by atoms with Crippen LogP contribution in [0.4, 0.5) is 17.5 Å². The van der Waals surface area contributed by atoms with Gasteiger partial charge in [-0.25, -0.2) is 4.98 Å². The molecule has 0 fully saturated rings. The number of rotatable bonds is 5. The summed E-state index contributed by atoms with van der Waals surface area (Å²) in [5.41, 5.74) is 4.70. The Balaban J connectivity index is 1.76. The minimum absolute atomic E-state index is 0.176. The molecule has 0 spiro atoms. The molecule has 0 bridgehead atoms. The number of hydrogen-bond donors (Lipinski definition) is 2. The van der Waals surface area contributed by atoms with Crippen LogP contribution in [0.3, 0.4) is 0 Å². The first-order valence-electron chi connectivity index (χ1n) is 8.11. The molecule has 0 saturated heterocycles. The summed E-state index contributed by atoms with van der Waals surface area (Å²) in [7, 11) is 0. The van der Waals surface area contributed by atoms with Crippen LogP contribution in [0.15, 0.2) is 60.8 Å². The van der Waals surface area contributed by atoms with E-state index < -0.39 is 0 Å². The maximum Gasteiger partial charge on any atom is 0.229 e. The van der Waals surface area contributed by atoms with E-state index in [-0.39, 0.29) is 6.04 Å². The summed E-state index contributed by atoms with van der Waals surface area (Å²) in [6.07, 6.45) is 1.76. The quantitative estimate of drug-likeness (QED) is 0.694. The zero-order valence-electron chi connectivity index (χ0n) is 14.2. The van der Waals surface area contributed by atoms with Crippen molar-refractivity contribution in [2.24, 2.45) is 0 Å². The van der Waals surface area contributed by atoms with E-state index in [0.29, 0.717) is 5.95 Å². The number of nitrogens with one attached hydrogen (secondary N) is 2. The molecule has 2 aromatic carbocycles. The largest absolute Gasteiger partial charge is 0.363 e. The number of hydrogen-bond acceptors (Lipinski definition) is 4. The minimum atomic E-state index is 0.176. The van der Waals surface area contributed by atoms with Gasteiger partial charge in [0, 0.05) is 17.9 Å². The fourth-order valence-electron chi connectivity index (χ4n) is 2.55. The SMILES string of the molecule is Cc1cccc(Nc2nccc(NC(C)c3ccccc3)n2)c1C. The Bertz CT molecular complexity index is 815. The molecular formula is C20H22N4. The van der Waals surface area contributed by atoms with Crippen LogP contribution in [-0.4, -0.2) is 9.97 Å². The molecule has 1 atom stereocenters. The van der Waals surface area contributed by atoms with E-state index in [2.05, 4.69) is 59.6 Å². The summed E-state index contributed by atoms with van der Waals surface area (Å²) in [6, 6.07) is 18.5. The van der Waals surface area contributed by atoms with E-state index >= 15 is 0 Å². The topological polar surface area (TPSA) is 49.8 Å². The molecule has 0 radical (unpaired) electrons. The van der Waals surface area contributed by atoms with Gasteiger partial charge in [-0.2, -0.15) is 4.98 Å². The highest BCUT2D eigenvalue weighted by Gasteiger charge is 2.07.